The third-order valence-electron chi connectivity index (χ3n) is 12.4. The van der Waals surface area contributed by atoms with Gasteiger partial charge < -0.3 is 40.6 Å². The van der Waals surface area contributed by atoms with Gasteiger partial charge in [-0.3, -0.25) is 14.4 Å². The number of rotatable bonds is 11. The number of hydrogen-bond acceptors (Lipinski definition) is 7. The molecular weight excluding hydrogens is 787 g/mol. The predicted molar refractivity (Wildman–Crippen MR) is 234 cm³/mol. The van der Waals surface area contributed by atoms with Gasteiger partial charge in [0.15, 0.2) is 5.54 Å². The third kappa shape index (κ3) is 9.19. The van der Waals surface area contributed by atoms with Crippen LogP contribution in [0.3, 0.4) is 0 Å². The summed E-state index contributed by atoms with van der Waals surface area (Å²) in [6.07, 6.45) is 4.00. The summed E-state index contributed by atoms with van der Waals surface area (Å²) in [6.45, 7) is 11.7. The number of benzene rings is 3. The highest BCUT2D eigenvalue weighted by molar-refractivity contribution is 5.96. The Kier molecular flexibility index (Phi) is 12.5. The van der Waals surface area contributed by atoms with Crippen molar-refractivity contribution in [3.8, 4) is 11.3 Å². The standard InChI is InChI=1S/C48H59N7O7/c1-46(2,3)48(53-44(59)60,34-17-11-8-12-18-34)43(58)55-26-14-20-38(55)41(56)50-35-27-33(28-35)30-21-23-31(24-22-30)36-29-49-40(51-36)37-19-13-25-54(37)42(57)39(32-15-9-7-10-16-32)52-45(61)62-47(4,5)6/h7-12,15-18,21-24,29,33,35,37-39,53H,13-14,19-20,25-28H2,1-6H3,(H,49,51)(H,50,56)(H,52,61)(H,59,60)/t33?,35?,37-,38-,39+,48+/m0/s1. The van der Waals surface area contributed by atoms with Crippen molar-refractivity contribution in [2.45, 2.75) is 121 Å². The molecule has 1 saturated carbocycles. The molecule has 0 bridgehead atoms. The number of alkyl carbamates (subject to hydrolysis) is 1. The molecule has 5 N–H and O–H groups in total. The van der Waals surface area contributed by atoms with Crippen LogP contribution in [0.15, 0.2) is 91.1 Å². The van der Waals surface area contributed by atoms with Crippen LogP contribution in [0.1, 0.15) is 121 Å². The minimum Gasteiger partial charge on any atom is -0.465 e. The topological polar surface area (TPSA) is 186 Å². The number of ether oxygens (including phenoxy) is 1. The lowest BCUT2D eigenvalue weighted by Crippen LogP contribution is -2.65. The van der Waals surface area contributed by atoms with Crippen LogP contribution < -0.4 is 16.0 Å². The molecule has 0 spiro atoms. The van der Waals surface area contributed by atoms with Crippen LogP contribution in [0, 0.1) is 5.41 Å². The first-order valence-electron chi connectivity index (χ1n) is 21.6. The Balaban J connectivity index is 0.969. The normalized spacial score (nSPS) is 21.6. The number of amides is 5. The predicted octanol–water partition coefficient (Wildman–Crippen LogP) is 7.57. The number of likely N-dealkylation sites (tertiary alicyclic amines) is 2. The van der Waals surface area contributed by atoms with Crippen molar-refractivity contribution in [1.29, 1.82) is 0 Å². The van der Waals surface area contributed by atoms with Gasteiger partial charge in [-0.25, -0.2) is 14.6 Å². The lowest BCUT2D eigenvalue weighted by Gasteiger charge is -2.46. The largest absolute Gasteiger partial charge is 0.465 e. The molecule has 4 atom stereocenters. The SMILES string of the molecule is CC(C)(C)OC(=O)N[C@@H](C(=O)N1CCC[C@H]1c1ncc(-c2ccc(C3CC(NC(=O)[C@@H]4CCCN4C(=O)[C@](NC(=O)O)(c4ccccc4)C(C)(C)C)C3)cc2)[nH]1)c1ccccc1. The second-order valence-electron chi connectivity index (χ2n) is 18.8. The number of H-pyrrole nitrogens is 1. The fourth-order valence-corrected chi connectivity index (χ4v) is 9.27. The minimum absolute atomic E-state index is 0.0450. The summed E-state index contributed by atoms with van der Waals surface area (Å²) in [4.78, 5) is 79.0. The summed E-state index contributed by atoms with van der Waals surface area (Å²) < 4.78 is 5.51. The molecule has 328 valence electrons. The van der Waals surface area contributed by atoms with E-state index in [1.165, 1.54) is 0 Å². The monoisotopic (exact) mass is 845 g/mol. The fourth-order valence-electron chi connectivity index (χ4n) is 9.27. The van der Waals surface area contributed by atoms with Crippen molar-refractivity contribution in [2.24, 2.45) is 5.41 Å². The molecule has 3 heterocycles. The summed E-state index contributed by atoms with van der Waals surface area (Å²) in [5, 5.41) is 18.5. The Hall–Kier alpha value is -6.18. The van der Waals surface area contributed by atoms with E-state index in [-0.39, 0.29) is 29.8 Å². The number of aromatic nitrogens is 2. The van der Waals surface area contributed by atoms with Crippen molar-refractivity contribution in [2.75, 3.05) is 13.1 Å². The number of carbonyl (C=O) groups is 5. The third-order valence-corrected chi connectivity index (χ3v) is 12.4. The summed E-state index contributed by atoms with van der Waals surface area (Å²) in [5.74, 6) is 0.0687. The van der Waals surface area contributed by atoms with E-state index in [9.17, 15) is 29.1 Å². The first-order valence-corrected chi connectivity index (χ1v) is 21.6. The molecule has 3 fully saturated rings. The van der Waals surface area contributed by atoms with Crippen LogP contribution in [0.4, 0.5) is 9.59 Å². The van der Waals surface area contributed by atoms with Gasteiger partial charge in [-0.1, -0.05) is 106 Å². The lowest BCUT2D eigenvalue weighted by molar-refractivity contribution is -0.148. The molecule has 2 aliphatic heterocycles. The second-order valence-corrected chi connectivity index (χ2v) is 18.8. The average molecular weight is 846 g/mol. The molecule has 3 aliphatic rings. The first kappa shape index (κ1) is 43.9. The van der Waals surface area contributed by atoms with Gasteiger partial charge in [0, 0.05) is 19.1 Å². The lowest BCUT2D eigenvalue weighted by atomic mass is 9.68. The maximum Gasteiger partial charge on any atom is 0.408 e. The van der Waals surface area contributed by atoms with E-state index in [0.717, 1.165) is 42.5 Å². The number of aromatic amines is 1. The van der Waals surface area contributed by atoms with Crippen molar-refractivity contribution in [3.63, 3.8) is 0 Å². The Morgan fingerprint density at radius 1 is 0.823 bits per heavy atom. The highest BCUT2D eigenvalue weighted by Gasteiger charge is 2.55. The van der Waals surface area contributed by atoms with Crippen LogP contribution in [-0.2, 0) is 24.7 Å². The van der Waals surface area contributed by atoms with Crippen molar-refractivity contribution >= 4 is 29.9 Å². The van der Waals surface area contributed by atoms with Gasteiger partial charge in [-0.15, -0.1) is 0 Å². The van der Waals surface area contributed by atoms with Crippen molar-refractivity contribution in [3.05, 3.63) is 114 Å². The number of imidazole rings is 1. The Labute approximate surface area is 363 Å². The van der Waals surface area contributed by atoms with E-state index in [0.29, 0.717) is 42.9 Å². The summed E-state index contributed by atoms with van der Waals surface area (Å²) in [5.41, 5.74) is 0.966. The molecule has 5 amide bonds. The van der Waals surface area contributed by atoms with Gasteiger partial charge in [-0.05, 0) is 92.9 Å². The van der Waals surface area contributed by atoms with Crippen LogP contribution in [0.2, 0.25) is 0 Å². The molecule has 0 radical (unpaired) electrons. The first-order chi connectivity index (χ1) is 29.4. The molecule has 1 aromatic heterocycles. The Morgan fingerprint density at radius 2 is 1.45 bits per heavy atom. The zero-order valence-corrected chi connectivity index (χ0v) is 36.4. The van der Waals surface area contributed by atoms with E-state index in [2.05, 4.69) is 33.1 Å². The quantitative estimate of drug-likeness (QED) is 0.102. The smallest absolute Gasteiger partial charge is 0.408 e. The number of nitrogens with one attached hydrogen (secondary N) is 4. The summed E-state index contributed by atoms with van der Waals surface area (Å²) >= 11 is 0. The van der Waals surface area contributed by atoms with Crippen LogP contribution >= 0.6 is 0 Å². The van der Waals surface area contributed by atoms with Gasteiger partial charge >= 0.3 is 12.2 Å². The number of hydrogen-bond donors (Lipinski definition) is 5. The highest BCUT2D eigenvalue weighted by atomic mass is 16.6. The maximum absolute atomic E-state index is 14.5. The zero-order chi connectivity index (χ0) is 44.4. The van der Waals surface area contributed by atoms with Gasteiger partial charge in [0.25, 0.3) is 11.8 Å². The van der Waals surface area contributed by atoms with E-state index >= 15 is 0 Å². The molecule has 1 aliphatic carbocycles. The highest BCUT2D eigenvalue weighted by Crippen LogP contribution is 2.43. The van der Waals surface area contributed by atoms with Crippen molar-refractivity contribution in [1.82, 2.24) is 35.7 Å². The van der Waals surface area contributed by atoms with Gasteiger partial charge in [-0.2, -0.15) is 0 Å². The molecule has 2 saturated heterocycles. The molecule has 3 aromatic carbocycles. The molecule has 4 aromatic rings. The number of carbonyl (C=O) groups excluding carboxylic acids is 4. The van der Waals surface area contributed by atoms with Gasteiger partial charge in [0.05, 0.1) is 17.9 Å². The van der Waals surface area contributed by atoms with E-state index in [1.807, 2.05) is 69.3 Å². The molecule has 14 heteroatoms. The van der Waals surface area contributed by atoms with Crippen LogP contribution in [-0.4, -0.2) is 85.6 Å². The summed E-state index contributed by atoms with van der Waals surface area (Å²) in [6, 6.07) is 24.4. The van der Waals surface area contributed by atoms with Gasteiger partial charge in [0.1, 0.15) is 23.5 Å². The van der Waals surface area contributed by atoms with Crippen molar-refractivity contribution < 1.29 is 33.8 Å². The maximum atomic E-state index is 14.5. The number of carboxylic acid groups (broad SMARTS) is 1. The fraction of sp³-hybridized carbons (Fsp3) is 0.458. The second kappa shape index (κ2) is 17.7. The molecular formula is C48H59N7O7. The number of nitrogens with zero attached hydrogens (tertiary/aromatic N) is 3. The Bertz CT molecular complexity index is 2240. The van der Waals surface area contributed by atoms with E-state index < -0.39 is 46.7 Å². The molecule has 14 nitrogen and oxygen atoms in total. The van der Waals surface area contributed by atoms with Crippen LogP contribution in [0.5, 0.6) is 0 Å². The van der Waals surface area contributed by atoms with Gasteiger partial charge in [0.2, 0.25) is 5.91 Å². The Morgan fingerprint density at radius 3 is 2.08 bits per heavy atom. The molecule has 62 heavy (non-hydrogen) atoms. The molecule has 7 rings (SSSR count). The average Bonchev–Trinajstić information content (AvgIpc) is 4.01. The van der Waals surface area contributed by atoms with E-state index in [1.54, 1.807) is 61.0 Å². The zero-order valence-electron chi connectivity index (χ0n) is 36.4. The minimum atomic E-state index is -1.60. The summed E-state index contributed by atoms with van der Waals surface area (Å²) in [7, 11) is 0. The van der Waals surface area contributed by atoms with Crippen LogP contribution in [0.25, 0.3) is 11.3 Å². The van der Waals surface area contributed by atoms with E-state index in [4.69, 9.17) is 9.72 Å². The molecule has 0 unspecified atom stereocenters.